The predicted molar refractivity (Wildman–Crippen MR) is 137 cm³/mol. The molecule has 1 fully saturated rings. The van der Waals surface area contributed by atoms with E-state index in [0.29, 0.717) is 4.91 Å². The van der Waals surface area contributed by atoms with Crippen LogP contribution >= 0.6 is 11.8 Å². The minimum absolute atomic E-state index is 0.0450. The van der Waals surface area contributed by atoms with Crippen molar-refractivity contribution in [2.45, 2.75) is 40.2 Å². The zero-order chi connectivity index (χ0) is 23.8. The van der Waals surface area contributed by atoms with Gasteiger partial charge in [0.1, 0.15) is 12.4 Å². The van der Waals surface area contributed by atoms with Gasteiger partial charge in [0.25, 0.3) is 11.1 Å². The SMILES string of the molecule is CCN1c2ccc(/C=C3/SC(=O)N(CCOc4ccc(C)cc4)C3=O)cc2C(C)=CC1(C)C. The number of carbonyl (C=O) groups excluding carboxylic acids is 2. The highest BCUT2D eigenvalue weighted by Gasteiger charge is 2.35. The van der Waals surface area contributed by atoms with Crippen LogP contribution in [-0.4, -0.2) is 41.3 Å². The van der Waals surface area contributed by atoms with Crippen LogP contribution in [0, 0.1) is 6.92 Å². The third kappa shape index (κ3) is 4.71. The molecule has 0 aliphatic carbocycles. The van der Waals surface area contributed by atoms with Crippen molar-refractivity contribution in [1.29, 1.82) is 0 Å². The summed E-state index contributed by atoms with van der Waals surface area (Å²) in [7, 11) is 0. The molecule has 0 unspecified atom stereocenters. The second-order valence-electron chi connectivity index (χ2n) is 9.00. The number of nitrogens with zero attached hydrogens (tertiary/aromatic N) is 2. The Morgan fingerprint density at radius 3 is 2.48 bits per heavy atom. The van der Waals surface area contributed by atoms with Gasteiger partial charge in [-0.15, -0.1) is 0 Å². The molecule has 0 radical (unpaired) electrons. The molecule has 0 aromatic heterocycles. The van der Waals surface area contributed by atoms with Crippen molar-refractivity contribution >= 4 is 40.2 Å². The van der Waals surface area contributed by atoms with Crippen molar-refractivity contribution in [3.05, 3.63) is 70.1 Å². The van der Waals surface area contributed by atoms with Crippen molar-refractivity contribution in [2.24, 2.45) is 0 Å². The second kappa shape index (κ2) is 9.10. The van der Waals surface area contributed by atoms with Crippen molar-refractivity contribution in [3.8, 4) is 5.75 Å². The molecule has 0 atom stereocenters. The Kier molecular flexibility index (Phi) is 6.39. The van der Waals surface area contributed by atoms with E-state index in [1.54, 1.807) is 0 Å². The molecule has 2 amide bonds. The van der Waals surface area contributed by atoms with Gasteiger partial charge in [0, 0.05) is 17.8 Å². The maximum Gasteiger partial charge on any atom is 0.293 e. The molecule has 1 saturated heterocycles. The van der Waals surface area contributed by atoms with Crippen LogP contribution in [0.1, 0.15) is 44.4 Å². The quantitative estimate of drug-likeness (QED) is 0.483. The van der Waals surface area contributed by atoms with Crippen LogP contribution in [0.25, 0.3) is 11.6 Å². The first-order chi connectivity index (χ1) is 15.7. The van der Waals surface area contributed by atoms with E-state index in [2.05, 4.69) is 50.8 Å². The summed E-state index contributed by atoms with van der Waals surface area (Å²) in [6, 6.07) is 13.9. The minimum Gasteiger partial charge on any atom is -0.492 e. The fourth-order valence-corrected chi connectivity index (χ4v) is 5.37. The van der Waals surface area contributed by atoms with Crippen molar-refractivity contribution in [3.63, 3.8) is 0 Å². The number of likely N-dealkylation sites (N-methyl/N-ethyl adjacent to an activating group) is 1. The van der Waals surface area contributed by atoms with E-state index in [0.717, 1.165) is 40.7 Å². The van der Waals surface area contributed by atoms with Crippen LogP contribution in [0.4, 0.5) is 10.5 Å². The van der Waals surface area contributed by atoms with Crippen molar-refractivity contribution in [2.75, 3.05) is 24.6 Å². The zero-order valence-electron chi connectivity index (χ0n) is 19.8. The van der Waals surface area contributed by atoms with Gasteiger partial charge in [-0.2, -0.15) is 0 Å². The summed E-state index contributed by atoms with van der Waals surface area (Å²) in [6.45, 7) is 12.1. The fourth-order valence-electron chi connectivity index (χ4n) is 4.50. The summed E-state index contributed by atoms with van der Waals surface area (Å²) >= 11 is 0.986. The van der Waals surface area contributed by atoms with Gasteiger partial charge in [0.15, 0.2) is 0 Å². The number of thioether (sulfide) groups is 1. The highest BCUT2D eigenvalue weighted by Crippen LogP contribution is 2.40. The molecule has 172 valence electrons. The first-order valence-electron chi connectivity index (χ1n) is 11.3. The monoisotopic (exact) mass is 462 g/mol. The summed E-state index contributed by atoms with van der Waals surface area (Å²) in [5.41, 5.74) is 5.60. The lowest BCUT2D eigenvalue weighted by Gasteiger charge is -2.42. The molecule has 0 saturated carbocycles. The molecule has 0 N–H and O–H groups in total. The lowest BCUT2D eigenvalue weighted by Crippen LogP contribution is -2.44. The third-order valence-electron chi connectivity index (χ3n) is 6.09. The van der Waals surface area contributed by atoms with Crippen LogP contribution in [-0.2, 0) is 4.79 Å². The molecular formula is C27H30N2O3S. The molecule has 6 heteroatoms. The summed E-state index contributed by atoms with van der Waals surface area (Å²) < 4.78 is 5.70. The molecule has 2 aromatic rings. The standard InChI is InChI=1S/C27H30N2O3S/c1-6-29-23-12-9-20(15-22(23)19(3)17-27(29,4)5)16-24-25(30)28(26(31)33-24)13-14-32-21-10-7-18(2)8-11-21/h7-12,15-17H,6,13-14H2,1-5H3/b24-16+. The number of carbonyl (C=O) groups is 2. The number of allylic oxidation sites excluding steroid dienone is 1. The van der Waals surface area contributed by atoms with Gasteiger partial charge in [0.05, 0.1) is 17.0 Å². The Morgan fingerprint density at radius 2 is 1.79 bits per heavy atom. The van der Waals surface area contributed by atoms with E-state index in [9.17, 15) is 9.59 Å². The number of hydrogen-bond acceptors (Lipinski definition) is 5. The summed E-state index contributed by atoms with van der Waals surface area (Å²) in [5, 5.41) is -0.258. The van der Waals surface area contributed by atoms with Gasteiger partial charge in [-0.05, 0) is 87.9 Å². The van der Waals surface area contributed by atoms with E-state index in [1.807, 2.05) is 43.3 Å². The highest BCUT2D eigenvalue weighted by atomic mass is 32.2. The maximum absolute atomic E-state index is 12.9. The Labute approximate surface area is 200 Å². The molecule has 2 aliphatic rings. The average molecular weight is 463 g/mol. The summed E-state index contributed by atoms with van der Waals surface area (Å²) in [5.74, 6) is 0.462. The van der Waals surface area contributed by atoms with Crippen LogP contribution < -0.4 is 9.64 Å². The Balaban J connectivity index is 1.48. The second-order valence-corrected chi connectivity index (χ2v) is 9.99. The number of imide groups is 1. The number of anilines is 1. The van der Waals surface area contributed by atoms with E-state index < -0.39 is 0 Å². The first-order valence-corrected chi connectivity index (χ1v) is 12.1. The number of benzene rings is 2. The molecule has 2 heterocycles. The Morgan fingerprint density at radius 1 is 1.06 bits per heavy atom. The van der Waals surface area contributed by atoms with Gasteiger partial charge in [0.2, 0.25) is 0 Å². The van der Waals surface area contributed by atoms with Crippen LogP contribution in [0.15, 0.2) is 53.4 Å². The minimum atomic E-state index is -0.265. The smallest absolute Gasteiger partial charge is 0.293 e. The largest absolute Gasteiger partial charge is 0.492 e. The molecule has 0 spiro atoms. The topological polar surface area (TPSA) is 49.9 Å². The number of fused-ring (bicyclic) bond motifs is 1. The van der Waals surface area contributed by atoms with Crippen LogP contribution in [0.2, 0.25) is 0 Å². The number of hydrogen-bond donors (Lipinski definition) is 0. The highest BCUT2D eigenvalue weighted by molar-refractivity contribution is 8.18. The van der Waals surface area contributed by atoms with Gasteiger partial charge < -0.3 is 9.64 Å². The fraction of sp³-hybridized carbons (Fsp3) is 0.333. The van der Waals surface area contributed by atoms with Crippen LogP contribution in [0.5, 0.6) is 5.75 Å². The predicted octanol–water partition coefficient (Wildman–Crippen LogP) is 6.13. The summed E-state index contributed by atoms with van der Waals surface area (Å²) in [4.78, 5) is 29.4. The molecule has 2 aromatic carbocycles. The summed E-state index contributed by atoms with van der Waals surface area (Å²) in [6.07, 6.45) is 4.10. The zero-order valence-corrected chi connectivity index (χ0v) is 20.7. The van der Waals surface area contributed by atoms with Crippen LogP contribution in [0.3, 0.4) is 0 Å². The lowest BCUT2D eigenvalue weighted by atomic mass is 9.88. The number of ether oxygens (including phenoxy) is 1. The van der Waals surface area contributed by atoms with E-state index >= 15 is 0 Å². The van der Waals surface area contributed by atoms with Crippen molar-refractivity contribution in [1.82, 2.24) is 4.90 Å². The van der Waals surface area contributed by atoms with Crippen molar-refractivity contribution < 1.29 is 14.3 Å². The van der Waals surface area contributed by atoms with E-state index in [4.69, 9.17) is 4.74 Å². The van der Waals surface area contributed by atoms with Gasteiger partial charge in [-0.3, -0.25) is 14.5 Å². The number of rotatable bonds is 6. The average Bonchev–Trinajstić information content (AvgIpc) is 3.02. The third-order valence-corrected chi connectivity index (χ3v) is 7.00. The van der Waals surface area contributed by atoms with E-state index in [1.165, 1.54) is 16.2 Å². The maximum atomic E-state index is 12.9. The molecule has 5 nitrogen and oxygen atoms in total. The van der Waals surface area contributed by atoms with Gasteiger partial charge in [-0.1, -0.05) is 29.8 Å². The normalized spacial score (nSPS) is 18.6. The first kappa shape index (κ1) is 23.2. The molecule has 0 bridgehead atoms. The molecular weight excluding hydrogens is 432 g/mol. The lowest BCUT2D eigenvalue weighted by molar-refractivity contribution is -0.123. The molecule has 33 heavy (non-hydrogen) atoms. The Bertz CT molecular complexity index is 1150. The number of aryl methyl sites for hydroxylation is 1. The Hall–Kier alpha value is -2.99. The molecule has 2 aliphatic heterocycles. The van der Waals surface area contributed by atoms with Gasteiger partial charge >= 0.3 is 0 Å². The number of amides is 2. The van der Waals surface area contributed by atoms with Gasteiger partial charge in [-0.25, -0.2) is 0 Å². The molecule has 4 rings (SSSR count). The van der Waals surface area contributed by atoms with E-state index in [-0.39, 0.29) is 29.8 Å².